The second-order valence-corrected chi connectivity index (χ2v) is 8.74. The summed E-state index contributed by atoms with van der Waals surface area (Å²) in [5.74, 6) is 0.265. The van der Waals surface area contributed by atoms with E-state index in [0.29, 0.717) is 40.0 Å². The van der Waals surface area contributed by atoms with Crippen LogP contribution in [0.5, 0.6) is 0 Å². The first-order valence-electron chi connectivity index (χ1n) is 9.37. The van der Waals surface area contributed by atoms with Crippen LogP contribution in [0.3, 0.4) is 0 Å². The number of pyridine rings is 2. The molecule has 9 heteroatoms. The van der Waals surface area contributed by atoms with E-state index in [4.69, 9.17) is 17.3 Å². The van der Waals surface area contributed by atoms with Crippen LogP contribution in [0.25, 0.3) is 11.0 Å². The molecule has 0 amide bonds. The van der Waals surface area contributed by atoms with E-state index >= 15 is 0 Å². The Kier molecular flexibility index (Phi) is 7.43. The summed E-state index contributed by atoms with van der Waals surface area (Å²) in [6.45, 7) is 1.01. The van der Waals surface area contributed by atoms with Gasteiger partial charge in [-0.15, -0.1) is 0 Å². The van der Waals surface area contributed by atoms with Crippen LogP contribution in [0.15, 0.2) is 18.3 Å². The van der Waals surface area contributed by atoms with Crippen LogP contribution in [-0.2, 0) is 0 Å². The van der Waals surface area contributed by atoms with Crippen molar-refractivity contribution in [2.75, 3.05) is 30.0 Å². The van der Waals surface area contributed by atoms with Crippen molar-refractivity contribution in [1.29, 1.82) is 0 Å². The second-order valence-electron chi connectivity index (χ2n) is 7.31. The Labute approximate surface area is 183 Å². The van der Waals surface area contributed by atoms with Crippen molar-refractivity contribution >= 4 is 57.0 Å². The first-order chi connectivity index (χ1) is 13.4. The second kappa shape index (κ2) is 9.62. The number of Topliss-reactive ketones (excluding diaryl/α,β-unsaturated/α-hetero) is 1. The molecule has 1 fully saturated rings. The molecule has 3 rings (SSSR count). The molecule has 152 valence electrons. The first-order valence-corrected chi connectivity index (χ1v) is 10.7. The summed E-state index contributed by atoms with van der Waals surface area (Å²) in [5.41, 5.74) is 8.04. The van der Waals surface area contributed by atoms with Crippen LogP contribution in [0.1, 0.15) is 36.0 Å². The van der Waals surface area contributed by atoms with Gasteiger partial charge in [-0.1, -0.05) is 11.6 Å². The highest BCUT2D eigenvalue weighted by Gasteiger charge is 2.29. The molecular weight excluding hydrogens is 493 g/mol. The number of aliphatic hydroxyl groups is 1. The number of fused-ring (bicyclic) bond motifs is 1. The van der Waals surface area contributed by atoms with E-state index < -0.39 is 6.61 Å². The minimum Gasteiger partial charge on any atom is -0.388 e. The number of nitrogens with two attached hydrogens (primary N) is 1. The molecule has 0 saturated heterocycles. The molecule has 0 bridgehead atoms. The summed E-state index contributed by atoms with van der Waals surface area (Å²) >= 11 is 8.38. The molecule has 1 aliphatic rings. The zero-order valence-electron chi connectivity index (χ0n) is 15.8. The van der Waals surface area contributed by atoms with Crippen molar-refractivity contribution in [3.05, 3.63) is 29.0 Å². The number of ketones is 1. The Morgan fingerprint density at radius 2 is 2.07 bits per heavy atom. The number of halogens is 2. The number of aromatic nitrogens is 2. The topological polar surface area (TPSA) is 95.6 Å². The Morgan fingerprint density at radius 3 is 2.71 bits per heavy atom. The summed E-state index contributed by atoms with van der Waals surface area (Å²) in [6, 6.07) is 3.76. The lowest BCUT2D eigenvalue weighted by molar-refractivity contribution is 0.0904. The predicted molar refractivity (Wildman–Crippen MR) is 120 cm³/mol. The maximum absolute atomic E-state index is 12.4. The maximum atomic E-state index is 12.4. The zero-order valence-corrected chi connectivity index (χ0v) is 18.7. The van der Waals surface area contributed by atoms with Crippen LogP contribution < -0.4 is 8.85 Å². The Morgan fingerprint density at radius 1 is 1.36 bits per heavy atom. The van der Waals surface area contributed by atoms with Gasteiger partial charge in [0, 0.05) is 25.5 Å². The van der Waals surface area contributed by atoms with Crippen LogP contribution in [0, 0.1) is 5.92 Å². The summed E-state index contributed by atoms with van der Waals surface area (Å²) in [7, 11) is 2.04. The molecular formula is C19H25ClIN5O2. The molecule has 0 aromatic carbocycles. The van der Waals surface area contributed by atoms with Crippen LogP contribution in [0.2, 0.25) is 5.15 Å². The number of hydrogen-bond acceptors (Lipinski definition) is 7. The highest BCUT2D eigenvalue weighted by Crippen LogP contribution is 2.38. The summed E-state index contributed by atoms with van der Waals surface area (Å²) < 4.78 is 2.09. The van der Waals surface area contributed by atoms with Gasteiger partial charge in [-0.2, -0.15) is 0 Å². The molecule has 0 radical (unpaired) electrons. The van der Waals surface area contributed by atoms with E-state index in [1.165, 1.54) is 6.20 Å². The van der Waals surface area contributed by atoms with Crippen molar-refractivity contribution < 1.29 is 9.90 Å². The van der Waals surface area contributed by atoms with Gasteiger partial charge in [-0.05, 0) is 50.8 Å². The van der Waals surface area contributed by atoms with E-state index in [1.54, 1.807) is 12.1 Å². The van der Waals surface area contributed by atoms with Crippen molar-refractivity contribution in [1.82, 2.24) is 14.9 Å². The van der Waals surface area contributed by atoms with Gasteiger partial charge in [0.2, 0.25) is 0 Å². The molecule has 2 aromatic rings. The number of nitrogens with zero attached hydrogens (tertiary/aromatic N) is 4. The monoisotopic (exact) mass is 517 g/mol. The Balaban J connectivity index is 1.89. The minimum absolute atomic E-state index is 0.275. The van der Waals surface area contributed by atoms with Gasteiger partial charge in [-0.25, -0.2) is 4.98 Å². The largest absolute Gasteiger partial charge is 0.388 e. The predicted octanol–water partition coefficient (Wildman–Crippen LogP) is 3.02. The maximum Gasteiger partial charge on any atom is 0.191 e. The van der Waals surface area contributed by atoms with Gasteiger partial charge in [0.1, 0.15) is 17.3 Å². The van der Waals surface area contributed by atoms with Crippen molar-refractivity contribution in [2.24, 2.45) is 11.7 Å². The molecule has 1 aliphatic carbocycles. The number of carbonyl (C=O) groups excluding carboxylic acids is 1. The molecule has 7 nitrogen and oxygen atoms in total. The number of rotatable bonds is 7. The van der Waals surface area contributed by atoms with E-state index in [-0.39, 0.29) is 11.8 Å². The van der Waals surface area contributed by atoms with Gasteiger partial charge in [0.25, 0.3) is 0 Å². The highest BCUT2D eigenvalue weighted by molar-refractivity contribution is 14.1. The summed E-state index contributed by atoms with van der Waals surface area (Å²) in [6.07, 6.45) is 5.77. The van der Waals surface area contributed by atoms with Crippen molar-refractivity contribution in [3.8, 4) is 0 Å². The third-order valence-electron chi connectivity index (χ3n) is 5.33. The van der Waals surface area contributed by atoms with E-state index in [9.17, 15) is 9.90 Å². The van der Waals surface area contributed by atoms with Gasteiger partial charge >= 0.3 is 0 Å². The summed E-state index contributed by atoms with van der Waals surface area (Å²) in [5, 5.41) is 9.76. The van der Waals surface area contributed by atoms with E-state index in [0.717, 1.165) is 32.2 Å². The Hall–Kier alpha value is -1.07. The van der Waals surface area contributed by atoms with Crippen molar-refractivity contribution in [2.45, 2.75) is 31.7 Å². The Bertz CT molecular complexity index is 844. The standard InChI is InChI=1S/C19H25ClIN5O2/c1-25(11-22)9-12-2-4-13(5-3-12)26(21)19-14(16(28)10-27)8-23-15-6-7-17(20)24-18(15)19/h6-8,12-13,27H,2-5,9-11,22H2,1H3. The lowest BCUT2D eigenvalue weighted by Gasteiger charge is -2.36. The van der Waals surface area contributed by atoms with Crippen LogP contribution in [-0.4, -0.2) is 58.7 Å². The lowest BCUT2D eigenvalue weighted by atomic mass is 9.85. The first kappa shape index (κ1) is 21.6. The molecule has 2 heterocycles. The molecule has 28 heavy (non-hydrogen) atoms. The fourth-order valence-corrected chi connectivity index (χ4v) is 4.98. The number of aliphatic hydroxyl groups excluding tert-OH is 1. The summed E-state index contributed by atoms with van der Waals surface area (Å²) in [4.78, 5) is 23.3. The minimum atomic E-state index is -0.566. The SMILES string of the molecule is CN(CN)CC1CCC(N(I)c2c(C(=O)CO)cnc3ccc(Cl)nc23)CC1. The third-order valence-corrected chi connectivity index (χ3v) is 6.81. The normalized spacial score (nSPS) is 19.9. The van der Waals surface area contributed by atoms with Gasteiger partial charge in [0.15, 0.2) is 5.78 Å². The van der Waals surface area contributed by atoms with E-state index in [2.05, 4.69) is 40.8 Å². The fraction of sp³-hybridized carbons (Fsp3) is 0.526. The molecule has 3 N–H and O–H groups in total. The quantitative estimate of drug-likeness (QED) is 0.192. The van der Waals surface area contributed by atoms with Gasteiger partial charge < -0.3 is 14.0 Å². The van der Waals surface area contributed by atoms with Crippen molar-refractivity contribution in [3.63, 3.8) is 0 Å². The highest BCUT2D eigenvalue weighted by atomic mass is 127. The number of carbonyl (C=O) groups is 1. The number of hydrogen-bond donors (Lipinski definition) is 2. The van der Waals surface area contributed by atoms with Crippen LogP contribution in [0.4, 0.5) is 5.69 Å². The molecule has 0 aliphatic heterocycles. The molecule has 0 spiro atoms. The average molecular weight is 518 g/mol. The number of anilines is 1. The van der Waals surface area contributed by atoms with Gasteiger partial charge in [0.05, 0.1) is 39.6 Å². The fourth-order valence-electron chi connectivity index (χ4n) is 3.79. The lowest BCUT2D eigenvalue weighted by Crippen LogP contribution is -2.37. The molecule has 1 saturated carbocycles. The van der Waals surface area contributed by atoms with Gasteiger partial charge in [-0.3, -0.25) is 14.7 Å². The molecule has 0 unspecified atom stereocenters. The third kappa shape index (κ3) is 4.73. The zero-order chi connectivity index (χ0) is 20.3. The molecule has 0 atom stereocenters. The molecule has 2 aromatic heterocycles. The van der Waals surface area contributed by atoms with Crippen LogP contribution >= 0.6 is 34.5 Å². The smallest absolute Gasteiger partial charge is 0.191 e. The average Bonchev–Trinajstić information content (AvgIpc) is 2.72. The van der Waals surface area contributed by atoms with E-state index in [1.807, 2.05) is 7.05 Å².